The van der Waals surface area contributed by atoms with Gasteiger partial charge >= 0.3 is 0 Å². The maximum atomic E-state index is 5.41. The van der Waals surface area contributed by atoms with Crippen LogP contribution in [-0.2, 0) is 6.54 Å². The molecule has 118 valence electrons. The molecule has 0 spiro atoms. The van der Waals surface area contributed by atoms with Crippen molar-refractivity contribution in [2.45, 2.75) is 13.5 Å². The van der Waals surface area contributed by atoms with Crippen LogP contribution in [0.4, 0.5) is 5.69 Å². The van der Waals surface area contributed by atoms with Crippen LogP contribution in [0, 0.1) is 6.92 Å². The Morgan fingerprint density at radius 2 is 1.83 bits per heavy atom. The first-order valence-electron chi connectivity index (χ1n) is 7.52. The van der Waals surface area contributed by atoms with Gasteiger partial charge in [-0.3, -0.25) is 4.98 Å². The number of para-hydroxylation sites is 1. The Kier molecular flexibility index (Phi) is 4.33. The number of rotatable bonds is 5. The molecule has 1 aromatic heterocycles. The molecule has 4 nitrogen and oxygen atoms in total. The number of methoxy groups -OCH3 is 2. The van der Waals surface area contributed by atoms with Crippen molar-refractivity contribution in [3.63, 3.8) is 0 Å². The zero-order chi connectivity index (χ0) is 16.2. The van der Waals surface area contributed by atoms with Crippen LogP contribution in [0.3, 0.4) is 0 Å². The second-order valence-electron chi connectivity index (χ2n) is 5.36. The standard InChI is InChI=1S/C19H20N2O2/c1-13-10-17(16-9-8-15(22-2)11-18(16)21-13)20-12-14-6-4-5-7-19(14)23-3/h4-11H,12H2,1-3H3,(H,20,21). The van der Waals surface area contributed by atoms with E-state index in [-0.39, 0.29) is 0 Å². The lowest BCUT2D eigenvalue weighted by molar-refractivity contribution is 0.410. The molecule has 3 aromatic rings. The number of hydrogen-bond acceptors (Lipinski definition) is 4. The minimum Gasteiger partial charge on any atom is -0.497 e. The summed E-state index contributed by atoms with van der Waals surface area (Å²) >= 11 is 0. The van der Waals surface area contributed by atoms with Crippen molar-refractivity contribution in [3.05, 3.63) is 59.8 Å². The fourth-order valence-corrected chi connectivity index (χ4v) is 2.65. The van der Waals surface area contributed by atoms with Gasteiger partial charge in [0, 0.05) is 34.9 Å². The number of nitrogens with zero attached hydrogens (tertiary/aromatic N) is 1. The highest BCUT2D eigenvalue weighted by Crippen LogP contribution is 2.28. The Bertz CT molecular complexity index is 831. The summed E-state index contributed by atoms with van der Waals surface area (Å²) in [6.45, 7) is 2.68. The normalized spacial score (nSPS) is 10.6. The lowest BCUT2D eigenvalue weighted by Crippen LogP contribution is -2.03. The molecule has 1 N–H and O–H groups in total. The largest absolute Gasteiger partial charge is 0.497 e. The summed E-state index contributed by atoms with van der Waals surface area (Å²) in [6, 6.07) is 16.0. The third-order valence-corrected chi connectivity index (χ3v) is 3.81. The van der Waals surface area contributed by atoms with E-state index >= 15 is 0 Å². The Hall–Kier alpha value is -2.75. The van der Waals surface area contributed by atoms with E-state index in [0.29, 0.717) is 6.54 Å². The smallest absolute Gasteiger partial charge is 0.123 e. The molecule has 1 heterocycles. The molecule has 0 radical (unpaired) electrons. The number of fused-ring (bicyclic) bond motifs is 1. The average Bonchev–Trinajstić information content (AvgIpc) is 2.59. The first-order valence-corrected chi connectivity index (χ1v) is 7.52. The number of pyridine rings is 1. The van der Waals surface area contributed by atoms with E-state index in [1.165, 1.54) is 0 Å². The summed E-state index contributed by atoms with van der Waals surface area (Å²) in [5.41, 5.74) is 4.06. The SMILES string of the molecule is COc1ccc2c(NCc3ccccc3OC)cc(C)nc2c1. The third kappa shape index (κ3) is 3.21. The maximum absolute atomic E-state index is 5.41. The van der Waals surface area contributed by atoms with E-state index in [1.807, 2.05) is 43.3 Å². The highest BCUT2D eigenvalue weighted by atomic mass is 16.5. The fourth-order valence-electron chi connectivity index (χ4n) is 2.65. The van der Waals surface area contributed by atoms with Crippen LogP contribution in [0.5, 0.6) is 11.5 Å². The molecule has 0 atom stereocenters. The van der Waals surface area contributed by atoms with Gasteiger partial charge in [-0.2, -0.15) is 0 Å². The molecule has 0 unspecified atom stereocenters. The molecule has 23 heavy (non-hydrogen) atoms. The second-order valence-corrected chi connectivity index (χ2v) is 5.36. The molecule has 0 bridgehead atoms. The molecule has 0 amide bonds. The first-order chi connectivity index (χ1) is 11.2. The summed E-state index contributed by atoms with van der Waals surface area (Å²) in [6.07, 6.45) is 0. The Morgan fingerprint density at radius 3 is 2.61 bits per heavy atom. The first kappa shape index (κ1) is 15.2. The van der Waals surface area contributed by atoms with Crippen LogP contribution in [0.25, 0.3) is 10.9 Å². The van der Waals surface area contributed by atoms with E-state index in [9.17, 15) is 0 Å². The Balaban J connectivity index is 1.93. The molecule has 0 fully saturated rings. The van der Waals surface area contributed by atoms with E-state index < -0.39 is 0 Å². The highest BCUT2D eigenvalue weighted by Gasteiger charge is 2.07. The molecule has 0 aliphatic carbocycles. The molecule has 4 heteroatoms. The number of aryl methyl sites for hydroxylation is 1. The molecule has 0 aliphatic heterocycles. The van der Waals surface area contributed by atoms with Gasteiger partial charge < -0.3 is 14.8 Å². The molecule has 0 saturated heterocycles. The molecule has 0 saturated carbocycles. The van der Waals surface area contributed by atoms with Crippen LogP contribution in [-0.4, -0.2) is 19.2 Å². The van der Waals surface area contributed by atoms with Gasteiger partial charge in [0.1, 0.15) is 11.5 Å². The predicted molar refractivity (Wildman–Crippen MR) is 93.4 cm³/mol. The van der Waals surface area contributed by atoms with Crippen molar-refractivity contribution < 1.29 is 9.47 Å². The van der Waals surface area contributed by atoms with Crippen LogP contribution >= 0.6 is 0 Å². The molecular formula is C19H20N2O2. The zero-order valence-corrected chi connectivity index (χ0v) is 13.6. The van der Waals surface area contributed by atoms with Gasteiger partial charge in [0.05, 0.1) is 19.7 Å². The Labute approximate surface area is 136 Å². The van der Waals surface area contributed by atoms with Gasteiger partial charge in [0.25, 0.3) is 0 Å². The molecule has 0 aliphatic rings. The number of benzene rings is 2. The van der Waals surface area contributed by atoms with Crippen molar-refractivity contribution in [1.29, 1.82) is 0 Å². The summed E-state index contributed by atoms with van der Waals surface area (Å²) in [5.74, 6) is 1.70. The number of ether oxygens (including phenoxy) is 2. The fraction of sp³-hybridized carbons (Fsp3) is 0.211. The minimum absolute atomic E-state index is 0.689. The zero-order valence-electron chi connectivity index (χ0n) is 13.6. The van der Waals surface area contributed by atoms with Gasteiger partial charge in [-0.25, -0.2) is 0 Å². The summed E-state index contributed by atoms with van der Waals surface area (Å²) in [5, 5.41) is 4.57. The van der Waals surface area contributed by atoms with Crippen LogP contribution < -0.4 is 14.8 Å². The van der Waals surface area contributed by atoms with Crippen molar-refractivity contribution >= 4 is 16.6 Å². The number of hydrogen-bond donors (Lipinski definition) is 1. The van der Waals surface area contributed by atoms with E-state index in [1.54, 1.807) is 14.2 Å². The lowest BCUT2D eigenvalue weighted by atomic mass is 10.1. The third-order valence-electron chi connectivity index (χ3n) is 3.81. The van der Waals surface area contributed by atoms with E-state index in [2.05, 4.69) is 22.4 Å². The van der Waals surface area contributed by atoms with Crippen molar-refractivity contribution in [2.24, 2.45) is 0 Å². The quantitative estimate of drug-likeness (QED) is 0.768. The van der Waals surface area contributed by atoms with Gasteiger partial charge in [0.15, 0.2) is 0 Å². The number of aromatic nitrogens is 1. The summed E-state index contributed by atoms with van der Waals surface area (Å²) < 4.78 is 10.7. The predicted octanol–water partition coefficient (Wildman–Crippen LogP) is 4.17. The van der Waals surface area contributed by atoms with Crippen molar-refractivity contribution in [1.82, 2.24) is 4.98 Å². The number of nitrogens with one attached hydrogen (secondary N) is 1. The van der Waals surface area contributed by atoms with Gasteiger partial charge in [-0.15, -0.1) is 0 Å². The van der Waals surface area contributed by atoms with Gasteiger partial charge in [0.2, 0.25) is 0 Å². The van der Waals surface area contributed by atoms with Crippen LogP contribution in [0.2, 0.25) is 0 Å². The monoisotopic (exact) mass is 308 g/mol. The maximum Gasteiger partial charge on any atom is 0.123 e. The highest BCUT2D eigenvalue weighted by molar-refractivity contribution is 5.92. The van der Waals surface area contributed by atoms with Crippen molar-refractivity contribution in [3.8, 4) is 11.5 Å². The Morgan fingerprint density at radius 1 is 1.00 bits per heavy atom. The van der Waals surface area contributed by atoms with Crippen molar-refractivity contribution in [2.75, 3.05) is 19.5 Å². The van der Waals surface area contributed by atoms with Gasteiger partial charge in [-0.1, -0.05) is 18.2 Å². The molecule has 3 rings (SSSR count). The summed E-state index contributed by atoms with van der Waals surface area (Å²) in [7, 11) is 3.36. The summed E-state index contributed by atoms with van der Waals surface area (Å²) in [4.78, 5) is 4.59. The van der Waals surface area contributed by atoms with Gasteiger partial charge in [-0.05, 0) is 31.2 Å². The molecule has 2 aromatic carbocycles. The molecular weight excluding hydrogens is 288 g/mol. The second kappa shape index (κ2) is 6.57. The van der Waals surface area contributed by atoms with E-state index in [4.69, 9.17) is 9.47 Å². The van der Waals surface area contributed by atoms with Crippen LogP contribution in [0.15, 0.2) is 48.5 Å². The minimum atomic E-state index is 0.689. The van der Waals surface area contributed by atoms with Crippen LogP contribution in [0.1, 0.15) is 11.3 Å². The lowest BCUT2D eigenvalue weighted by Gasteiger charge is -2.13. The van der Waals surface area contributed by atoms with E-state index in [0.717, 1.165) is 39.3 Å². The topological polar surface area (TPSA) is 43.4 Å². The average molecular weight is 308 g/mol. The number of anilines is 1.